The number of carbonyl (C=O) groups is 1. The zero-order valence-corrected chi connectivity index (χ0v) is 15.5. The molecule has 0 aliphatic rings. The molecule has 0 spiro atoms. The quantitative estimate of drug-likeness (QED) is 0.692. The Morgan fingerprint density at radius 1 is 1.23 bits per heavy atom. The van der Waals surface area contributed by atoms with Crippen molar-refractivity contribution >= 4 is 15.7 Å². The first-order chi connectivity index (χ1) is 9.82. The molecule has 0 aromatic carbocycles. The summed E-state index contributed by atoms with van der Waals surface area (Å²) in [5.41, 5.74) is 0.00234. The molecule has 6 heteroatoms. The summed E-state index contributed by atoms with van der Waals surface area (Å²) in [5, 5.41) is 4.23. The van der Waals surface area contributed by atoms with Crippen LogP contribution < -0.4 is 5.32 Å². The molecule has 0 heterocycles. The van der Waals surface area contributed by atoms with Crippen LogP contribution in [0.4, 0.5) is 0 Å². The van der Waals surface area contributed by atoms with Crippen LogP contribution >= 0.6 is 0 Å². The van der Waals surface area contributed by atoms with E-state index >= 15 is 0 Å². The Labute approximate surface area is 135 Å². The first-order valence-electron chi connectivity index (χ1n) is 7.36. The fourth-order valence-electron chi connectivity index (χ4n) is 1.57. The van der Waals surface area contributed by atoms with Gasteiger partial charge in [0.15, 0.2) is 9.84 Å². The number of nitrogens with one attached hydrogen (secondary N) is 1. The maximum absolute atomic E-state index is 11.9. The molecule has 0 atom stereocenters. The van der Waals surface area contributed by atoms with E-state index in [-0.39, 0.29) is 11.4 Å². The SMILES string of the molecule is C=CS(=O)(=O)C(C)(C)CCN(C)C(=O)/C=C/CNC(C)(C)C. The van der Waals surface area contributed by atoms with Gasteiger partial charge >= 0.3 is 0 Å². The molecule has 1 N–H and O–H groups in total. The molecule has 128 valence electrons. The number of hydrogen-bond donors (Lipinski definition) is 1. The van der Waals surface area contributed by atoms with E-state index in [1.54, 1.807) is 27.0 Å². The molecule has 0 aromatic rings. The zero-order valence-electron chi connectivity index (χ0n) is 14.6. The molecule has 0 aliphatic carbocycles. The maximum atomic E-state index is 11.9. The van der Waals surface area contributed by atoms with E-state index in [4.69, 9.17) is 0 Å². The molecule has 0 saturated carbocycles. The van der Waals surface area contributed by atoms with Crippen molar-refractivity contribution < 1.29 is 13.2 Å². The van der Waals surface area contributed by atoms with Crippen molar-refractivity contribution in [2.24, 2.45) is 0 Å². The van der Waals surface area contributed by atoms with Crippen molar-refractivity contribution in [1.29, 1.82) is 0 Å². The van der Waals surface area contributed by atoms with Gasteiger partial charge in [0.05, 0.1) is 4.75 Å². The van der Waals surface area contributed by atoms with Crippen molar-refractivity contribution in [3.63, 3.8) is 0 Å². The largest absolute Gasteiger partial charge is 0.342 e. The van der Waals surface area contributed by atoms with Gasteiger partial charge in [-0.15, -0.1) is 0 Å². The van der Waals surface area contributed by atoms with Crippen LogP contribution in [0.2, 0.25) is 0 Å². The molecule has 0 aromatic heterocycles. The minimum Gasteiger partial charge on any atom is -0.342 e. The Kier molecular flexibility index (Phi) is 7.51. The highest BCUT2D eigenvalue weighted by atomic mass is 32.2. The molecular formula is C16H30N2O3S. The highest BCUT2D eigenvalue weighted by Gasteiger charge is 2.31. The molecular weight excluding hydrogens is 300 g/mol. The Hall–Kier alpha value is -1.14. The first kappa shape index (κ1) is 20.9. The summed E-state index contributed by atoms with van der Waals surface area (Å²) in [4.78, 5) is 13.5. The molecule has 5 nitrogen and oxygen atoms in total. The summed E-state index contributed by atoms with van der Waals surface area (Å²) < 4.78 is 22.8. The van der Waals surface area contributed by atoms with E-state index in [9.17, 15) is 13.2 Å². The summed E-state index contributed by atoms with van der Waals surface area (Å²) in [6.45, 7) is 13.8. The van der Waals surface area contributed by atoms with Gasteiger partial charge in [-0.1, -0.05) is 12.7 Å². The molecule has 1 amide bonds. The Balaban J connectivity index is 4.44. The molecule has 22 heavy (non-hydrogen) atoms. The van der Waals surface area contributed by atoms with Gasteiger partial charge in [0.2, 0.25) is 5.91 Å². The predicted octanol–water partition coefficient (Wildman–Crippen LogP) is 2.12. The van der Waals surface area contributed by atoms with E-state index in [1.807, 2.05) is 0 Å². The minimum absolute atomic E-state index is 0.00234. The van der Waals surface area contributed by atoms with Crippen molar-refractivity contribution in [1.82, 2.24) is 10.2 Å². The summed E-state index contributed by atoms with van der Waals surface area (Å²) in [6, 6.07) is 0. The topological polar surface area (TPSA) is 66.5 Å². The van der Waals surface area contributed by atoms with Gasteiger partial charge in [0.25, 0.3) is 0 Å². The van der Waals surface area contributed by atoms with Crippen molar-refractivity contribution in [2.45, 2.75) is 51.3 Å². The third-order valence-electron chi connectivity index (χ3n) is 3.43. The number of carbonyl (C=O) groups excluding carboxylic acids is 1. The number of rotatable bonds is 8. The van der Waals surface area contributed by atoms with Crippen LogP contribution in [0.3, 0.4) is 0 Å². The van der Waals surface area contributed by atoms with Crippen molar-refractivity contribution in [2.75, 3.05) is 20.1 Å². The standard InChI is InChI=1S/C16H30N2O3S/c1-8-22(20,21)16(5,6)11-13-18(7)14(19)10-9-12-17-15(2,3)4/h8-10,17H,1,11-13H2,2-7H3/b10-9+. The van der Waals surface area contributed by atoms with Crippen LogP contribution in [-0.4, -0.2) is 49.6 Å². The summed E-state index contributed by atoms with van der Waals surface area (Å²) in [6.07, 6.45) is 3.64. The molecule has 0 fully saturated rings. The van der Waals surface area contributed by atoms with E-state index < -0.39 is 14.6 Å². The number of sulfone groups is 1. The Bertz CT molecular complexity index is 514. The monoisotopic (exact) mass is 330 g/mol. The fraction of sp³-hybridized carbons (Fsp3) is 0.688. The second-order valence-electron chi connectivity index (χ2n) is 7.01. The minimum atomic E-state index is -3.36. The third-order valence-corrected chi connectivity index (χ3v) is 5.61. The Morgan fingerprint density at radius 2 is 1.77 bits per heavy atom. The van der Waals surface area contributed by atoms with Crippen LogP contribution in [0.15, 0.2) is 24.1 Å². The van der Waals surface area contributed by atoms with Gasteiger partial charge in [-0.3, -0.25) is 4.79 Å². The second kappa shape index (κ2) is 7.92. The average Bonchev–Trinajstić information content (AvgIpc) is 2.39. The first-order valence-corrected chi connectivity index (χ1v) is 8.91. The highest BCUT2D eigenvalue weighted by Crippen LogP contribution is 2.22. The van der Waals surface area contributed by atoms with Crippen molar-refractivity contribution in [3.05, 3.63) is 24.1 Å². The highest BCUT2D eigenvalue weighted by molar-refractivity contribution is 7.95. The number of amides is 1. The van der Waals surface area contributed by atoms with Crippen LogP contribution in [-0.2, 0) is 14.6 Å². The molecule has 0 saturated heterocycles. The lowest BCUT2D eigenvalue weighted by molar-refractivity contribution is -0.124. The lowest BCUT2D eigenvalue weighted by atomic mass is 10.1. The predicted molar refractivity (Wildman–Crippen MR) is 92.3 cm³/mol. The number of hydrogen-bond acceptors (Lipinski definition) is 4. The van der Waals surface area contributed by atoms with Gasteiger partial charge in [0, 0.05) is 37.2 Å². The van der Waals surface area contributed by atoms with E-state index in [0.29, 0.717) is 19.5 Å². The molecule has 0 aliphatic heterocycles. The average molecular weight is 330 g/mol. The summed E-state index contributed by atoms with van der Waals surface area (Å²) in [5.74, 6) is -0.137. The smallest absolute Gasteiger partial charge is 0.246 e. The molecule has 0 radical (unpaired) electrons. The fourth-order valence-corrected chi connectivity index (χ4v) is 2.39. The van der Waals surface area contributed by atoms with Crippen LogP contribution in [0.25, 0.3) is 0 Å². The van der Waals surface area contributed by atoms with E-state index in [1.165, 1.54) is 11.0 Å². The van der Waals surface area contributed by atoms with Gasteiger partial charge in [0.1, 0.15) is 0 Å². The van der Waals surface area contributed by atoms with Crippen LogP contribution in [0, 0.1) is 0 Å². The summed E-state index contributed by atoms with van der Waals surface area (Å²) in [7, 11) is -1.69. The van der Waals surface area contributed by atoms with Gasteiger partial charge in [-0.2, -0.15) is 0 Å². The van der Waals surface area contributed by atoms with Crippen LogP contribution in [0.1, 0.15) is 41.0 Å². The second-order valence-corrected chi connectivity index (χ2v) is 9.54. The number of nitrogens with zero attached hydrogens (tertiary/aromatic N) is 1. The van der Waals surface area contributed by atoms with E-state index in [2.05, 4.69) is 32.7 Å². The lowest BCUT2D eigenvalue weighted by Crippen LogP contribution is -2.37. The van der Waals surface area contributed by atoms with Crippen LogP contribution in [0.5, 0.6) is 0 Å². The normalized spacial score (nSPS) is 13.4. The Morgan fingerprint density at radius 3 is 2.23 bits per heavy atom. The number of likely N-dealkylation sites (N-methyl/N-ethyl adjacent to an activating group) is 1. The van der Waals surface area contributed by atoms with E-state index in [0.717, 1.165) is 5.41 Å². The zero-order chi connectivity index (χ0) is 17.6. The van der Waals surface area contributed by atoms with Gasteiger partial charge in [-0.05, 0) is 41.0 Å². The lowest BCUT2D eigenvalue weighted by Gasteiger charge is -2.25. The maximum Gasteiger partial charge on any atom is 0.246 e. The van der Waals surface area contributed by atoms with Crippen molar-refractivity contribution in [3.8, 4) is 0 Å². The third kappa shape index (κ3) is 7.22. The molecule has 0 bridgehead atoms. The van der Waals surface area contributed by atoms with Gasteiger partial charge in [-0.25, -0.2) is 8.42 Å². The molecule has 0 unspecified atom stereocenters. The van der Waals surface area contributed by atoms with Gasteiger partial charge < -0.3 is 10.2 Å². The molecule has 0 rings (SSSR count). The summed E-state index contributed by atoms with van der Waals surface area (Å²) >= 11 is 0.